The van der Waals surface area contributed by atoms with Gasteiger partial charge in [0.1, 0.15) is 0 Å². The largest absolute Gasteiger partial charge is 0.354 e. The van der Waals surface area contributed by atoms with E-state index < -0.39 is 0 Å². The van der Waals surface area contributed by atoms with Crippen LogP contribution in [0.4, 0.5) is 0 Å². The molecule has 5 heteroatoms. The number of nitrogens with zero attached hydrogens (tertiary/aromatic N) is 1. The van der Waals surface area contributed by atoms with Crippen LogP contribution in [0, 0.1) is 0 Å². The second kappa shape index (κ2) is 6.26. The van der Waals surface area contributed by atoms with Crippen molar-refractivity contribution in [1.82, 2.24) is 15.5 Å². The first kappa shape index (κ1) is 14.1. The molecule has 5 nitrogen and oxygen atoms in total. The van der Waals surface area contributed by atoms with Crippen LogP contribution in [0.1, 0.15) is 34.7 Å². The van der Waals surface area contributed by atoms with E-state index in [1.54, 1.807) is 4.90 Å². The second-order valence-electron chi connectivity index (χ2n) is 5.67. The van der Waals surface area contributed by atoms with E-state index >= 15 is 0 Å². The monoisotopic (exact) mass is 287 g/mol. The van der Waals surface area contributed by atoms with Crippen LogP contribution in [-0.2, 0) is 4.79 Å². The van der Waals surface area contributed by atoms with Crippen molar-refractivity contribution in [2.45, 2.75) is 18.8 Å². The molecule has 21 heavy (non-hydrogen) atoms. The Hall–Kier alpha value is -1.88. The molecule has 2 aliphatic rings. The Morgan fingerprint density at radius 2 is 2.05 bits per heavy atom. The number of nitrogens with one attached hydrogen (secondary N) is 2. The van der Waals surface area contributed by atoms with E-state index in [4.69, 9.17) is 0 Å². The third kappa shape index (κ3) is 3.08. The fourth-order valence-corrected chi connectivity index (χ4v) is 3.11. The average molecular weight is 287 g/mol. The fraction of sp³-hybridized carbons (Fsp3) is 0.500. The van der Waals surface area contributed by atoms with Gasteiger partial charge < -0.3 is 15.5 Å². The number of amides is 2. The van der Waals surface area contributed by atoms with E-state index in [1.165, 1.54) is 0 Å². The lowest BCUT2D eigenvalue weighted by molar-refractivity contribution is -0.120. The molecule has 0 bridgehead atoms. The van der Waals surface area contributed by atoms with Crippen molar-refractivity contribution in [3.05, 3.63) is 35.4 Å². The van der Waals surface area contributed by atoms with Crippen molar-refractivity contribution < 1.29 is 9.59 Å². The van der Waals surface area contributed by atoms with Crippen molar-refractivity contribution in [3.63, 3.8) is 0 Å². The first-order valence-electron chi connectivity index (χ1n) is 7.61. The molecule has 2 aliphatic heterocycles. The van der Waals surface area contributed by atoms with E-state index in [9.17, 15) is 9.59 Å². The van der Waals surface area contributed by atoms with Crippen molar-refractivity contribution >= 4 is 11.8 Å². The third-order valence-electron chi connectivity index (χ3n) is 4.29. The first-order valence-corrected chi connectivity index (χ1v) is 7.61. The Morgan fingerprint density at radius 1 is 1.19 bits per heavy atom. The quantitative estimate of drug-likeness (QED) is 0.843. The van der Waals surface area contributed by atoms with Gasteiger partial charge in [0.25, 0.3) is 5.91 Å². The van der Waals surface area contributed by atoms with Crippen LogP contribution in [-0.4, -0.2) is 49.4 Å². The molecule has 0 radical (unpaired) electrons. The van der Waals surface area contributed by atoms with Crippen LogP contribution < -0.4 is 10.6 Å². The lowest BCUT2D eigenvalue weighted by Crippen LogP contribution is -2.35. The Bertz CT molecular complexity index is 538. The van der Waals surface area contributed by atoms with E-state index in [1.807, 2.05) is 18.2 Å². The Balaban J connectivity index is 1.82. The maximum Gasteiger partial charge on any atom is 0.254 e. The van der Waals surface area contributed by atoms with Gasteiger partial charge in [-0.1, -0.05) is 18.2 Å². The number of benzene rings is 1. The lowest BCUT2D eigenvalue weighted by Gasteiger charge is -2.22. The van der Waals surface area contributed by atoms with Crippen LogP contribution >= 0.6 is 0 Å². The fourth-order valence-electron chi connectivity index (χ4n) is 3.11. The third-order valence-corrected chi connectivity index (χ3v) is 4.29. The molecular weight excluding hydrogens is 266 g/mol. The Kier molecular flexibility index (Phi) is 4.20. The predicted octanol–water partition coefficient (Wildman–Crippen LogP) is 0.726. The summed E-state index contributed by atoms with van der Waals surface area (Å²) < 4.78 is 0. The molecule has 0 saturated carbocycles. The molecule has 1 unspecified atom stereocenters. The molecule has 1 aromatic rings. The number of hydrogen-bond acceptors (Lipinski definition) is 3. The number of carbonyl (C=O) groups excluding carboxylic acids is 2. The van der Waals surface area contributed by atoms with E-state index in [2.05, 4.69) is 16.7 Å². The van der Waals surface area contributed by atoms with E-state index in [0.29, 0.717) is 32.0 Å². The highest BCUT2D eigenvalue weighted by molar-refractivity contribution is 5.96. The van der Waals surface area contributed by atoms with Gasteiger partial charge in [0, 0.05) is 38.2 Å². The molecule has 3 rings (SSSR count). The zero-order chi connectivity index (χ0) is 14.7. The maximum atomic E-state index is 12.8. The summed E-state index contributed by atoms with van der Waals surface area (Å²) in [6, 6.07) is 7.89. The van der Waals surface area contributed by atoms with E-state index in [0.717, 1.165) is 30.6 Å². The van der Waals surface area contributed by atoms with Crippen LogP contribution in [0.15, 0.2) is 24.3 Å². The first-order chi connectivity index (χ1) is 10.3. The highest BCUT2D eigenvalue weighted by atomic mass is 16.2. The SMILES string of the molecule is O=C1CCN(C(=O)c2ccccc2C2CCNC2)CCN1. The van der Waals surface area contributed by atoms with Gasteiger partial charge in [-0.3, -0.25) is 9.59 Å². The normalized spacial score (nSPS) is 22.8. The van der Waals surface area contributed by atoms with Gasteiger partial charge in [-0.15, -0.1) is 0 Å². The average Bonchev–Trinajstić information content (AvgIpc) is 2.96. The molecule has 0 spiro atoms. The van der Waals surface area contributed by atoms with Gasteiger partial charge in [0.15, 0.2) is 0 Å². The molecule has 1 atom stereocenters. The number of carbonyl (C=O) groups is 2. The molecule has 2 saturated heterocycles. The summed E-state index contributed by atoms with van der Waals surface area (Å²) in [5.41, 5.74) is 1.93. The van der Waals surface area contributed by atoms with Crippen molar-refractivity contribution in [2.75, 3.05) is 32.7 Å². The minimum atomic E-state index is 0.0265. The lowest BCUT2D eigenvalue weighted by atomic mass is 9.93. The molecule has 112 valence electrons. The minimum Gasteiger partial charge on any atom is -0.354 e. The van der Waals surface area contributed by atoms with Crippen LogP contribution in [0.3, 0.4) is 0 Å². The molecule has 2 amide bonds. The van der Waals surface area contributed by atoms with Crippen LogP contribution in [0.25, 0.3) is 0 Å². The topological polar surface area (TPSA) is 61.4 Å². The van der Waals surface area contributed by atoms with Gasteiger partial charge in [-0.2, -0.15) is 0 Å². The zero-order valence-electron chi connectivity index (χ0n) is 12.1. The Morgan fingerprint density at radius 3 is 2.86 bits per heavy atom. The highest BCUT2D eigenvalue weighted by Gasteiger charge is 2.25. The second-order valence-corrected chi connectivity index (χ2v) is 5.67. The maximum absolute atomic E-state index is 12.8. The Labute approximate surface area is 124 Å². The standard InChI is InChI=1S/C16H21N3O2/c20-15-6-9-19(10-8-18-15)16(21)14-4-2-1-3-13(14)12-5-7-17-11-12/h1-4,12,17H,5-11H2,(H,18,20). The molecule has 0 aliphatic carbocycles. The number of hydrogen-bond donors (Lipinski definition) is 2. The summed E-state index contributed by atoms with van der Waals surface area (Å²) in [4.78, 5) is 26.0. The smallest absolute Gasteiger partial charge is 0.254 e. The molecule has 2 N–H and O–H groups in total. The van der Waals surface area contributed by atoms with Crippen LogP contribution in [0.5, 0.6) is 0 Å². The summed E-state index contributed by atoms with van der Waals surface area (Å²) in [7, 11) is 0. The van der Waals surface area contributed by atoms with Gasteiger partial charge in [-0.05, 0) is 30.5 Å². The summed E-state index contributed by atoms with van der Waals surface area (Å²) in [6.07, 6.45) is 1.46. The number of rotatable bonds is 2. The molecule has 0 aromatic heterocycles. The summed E-state index contributed by atoms with van der Waals surface area (Å²) in [6.45, 7) is 3.57. The van der Waals surface area contributed by atoms with Gasteiger partial charge in [0.05, 0.1) is 0 Å². The molecule has 1 aromatic carbocycles. The van der Waals surface area contributed by atoms with Crippen molar-refractivity contribution in [2.24, 2.45) is 0 Å². The predicted molar refractivity (Wildman–Crippen MR) is 80.2 cm³/mol. The minimum absolute atomic E-state index is 0.0265. The summed E-state index contributed by atoms with van der Waals surface area (Å²) in [5.74, 6) is 0.490. The molecular formula is C16H21N3O2. The summed E-state index contributed by atoms with van der Waals surface area (Å²) >= 11 is 0. The molecule has 2 heterocycles. The van der Waals surface area contributed by atoms with Gasteiger partial charge in [0.2, 0.25) is 5.91 Å². The van der Waals surface area contributed by atoms with E-state index in [-0.39, 0.29) is 11.8 Å². The summed E-state index contributed by atoms with van der Waals surface area (Å²) in [5, 5.41) is 6.16. The van der Waals surface area contributed by atoms with Crippen molar-refractivity contribution in [1.29, 1.82) is 0 Å². The van der Waals surface area contributed by atoms with Crippen molar-refractivity contribution in [3.8, 4) is 0 Å². The molecule has 2 fully saturated rings. The highest BCUT2D eigenvalue weighted by Crippen LogP contribution is 2.26. The van der Waals surface area contributed by atoms with Gasteiger partial charge in [-0.25, -0.2) is 0 Å². The van der Waals surface area contributed by atoms with Gasteiger partial charge >= 0.3 is 0 Å². The zero-order valence-corrected chi connectivity index (χ0v) is 12.1. The van der Waals surface area contributed by atoms with Crippen LogP contribution in [0.2, 0.25) is 0 Å².